The van der Waals surface area contributed by atoms with Gasteiger partial charge >= 0.3 is 0 Å². The highest BCUT2D eigenvalue weighted by Gasteiger charge is 2.19. The topological polar surface area (TPSA) is 107 Å². The van der Waals surface area contributed by atoms with Crippen molar-refractivity contribution in [3.63, 3.8) is 0 Å². The zero-order chi connectivity index (χ0) is 23.8. The molecule has 0 aliphatic carbocycles. The summed E-state index contributed by atoms with van der Waals surface area (Å²) in [5.74, 6) is 0.0481. The van der Waals surface area contributed by atoms with Crippen LogP contribution in [0.15, 0.2) is 68.8 Å². The second-order valence-electron chi connectivity index (χ2n) is 7.57. The Morgan fingerprint density at radius 2 is 1.76 bits per heavy atom. The van der Waals surface area contributed by atoms with Crippen molar-refractivity contribution in [3.05, 3.63) is 93.3 Å². The minimum atomic E-state index is -3.87. The first kappa shape index (κ1) is 22.6. The Morgan fingerprint density at radius 1 is 1.03 bits per heavy atom. The van der Waals surface area contributed by atoms with Crippen LogP contribution in [-0.2, 0) is 16.6 Å². The smallest absolute Gasteiger partial charge is 0.271 e. The van der Waals surface area contributed by atoms with Crippen LogP contribution in [0.1, 0.15) is 22.6 Å². The molecule has 1 N–H and O–H groups in total. The van der Waals surface area contributed by atoms with E-state index in [-0.39, 0.29) is 17.0 Å². The molecule has 0 fully saturated rings. The van der Waals surface area contributed by atoms with Gasteiger partial charge in [-0.15, -0.1) is 0 Å². The van der Waals surface area contributed by atoms with E-state index in [0.29, 0.717) is 39.5 Å². The summed E-state index contributed by atoms with van der Waals surface area (Å²) < 4.78 is 48.0. The molecule has 4 aromatic rings. The van der Waals surface area contributed by atoms with Crippen molar-refractivity contribution in [1.29, 1.82) is 0 Å². The first-order valence-electron chi connectivity index (χ1n) is 10.0. The Kier molecular flexibility index (Phi) is 5.96. The Hall–Kier alpha value is -3.63. The highest BCUT2D eigenvalue weighted by molar-refractivity contribution is 7.89. The van der Waals surface area contributed by atoms with Crippen molar-refractivity contribution in [2.24, 2.45) is 0 Å². The number of rotatable bonds is 6. The molecule has 2 heterocycles. The van der Waals surface area contributed by atoms with Crippen molar-refractivity contribution >= 4 is 10.0 Å². The van der Waals surface area contributed by atoms with Crippen LogP contribution in [0.3, 0.4) is 0 Å². The summed E-state index contributed by atoms with van der Waals surface area (Å²) in [4.78, 5) is 12.5. The number of benzene rings is 2. The third-order valence-corrected chi connectivity index (χ3v) is 6.70. The SMILES string of the molecule is Cc1ccc(-c2ccc(=O)n(-c3c(C)noc3C)n2)cc1S(=O)(=O)NCc1ccc(F)cc1. The fraction of sp³-hybridized carbons (Fsp3) is 0.174. The Labute approximate surface area is 189 Å². The Balaban J connectivity index is 1.69. The maximum Gasteiger partial charge on any atom is 0.271 e. The Bertz CT molecular complexity index is 1470. The molecule has 2 aromatic carbocycles. The van der Waals surface area contributed by atoms with Gasteiger partial charge in [0.2, 0.25) is 10.0 Å². The van der Waals surface area contributed by atoms with Gasteiger partial charge in [-0.1, -0.05) is 29.4 Å². The van der Waals surface area contributed by atoms with Gasteiger partial charge in [0.1, 0.15) is 17.2 Å². The fourth-order valence-electron chi connectivity index (χ4n) is 3.41. The highest BCUT2D eigenvalue weighted by Crippen LogP contribution is 2.24. The number of hydrogen-bond donors (Lipinski definition) is 1. The van der Waals surface area contributed by atoms with E-state index in [1.165, 1.54) is 47.1 Å². The average Bonchev–Trinajstić information content (AvgIpc) is 3.12. The summed E-state index contributed by atoms with van der Waals surface area (Å²) >= 11 is 0. The predicted octanol–water partition coefficient (Wildman–Crippen LogP) is 3.43. The molecule has 2 aromatic heterocycles. The van der Waals surface area contributed by atoms with Gasteiger partial charge in [0.05, 0.1) is 10.6 Å². The van der Waals surface area contributed by atoms with E-state index < -0.39 is 15.8 Å². The fourth-order valence-corrected chi connectivity index (χ4v) is 4.70. The molecule has 0 bridgehead atoms. The normalized spacial score (nSPS) is 11.6. The van der Waals surface area contributed by atoms with E-state index in [0.717, 1.165) is 0 Å². The molecule has 0 saturated heterocycles. The summed E-state index contributed by atoms with van der Waals surface area (Å²) in [5.41, 5.74) is 2.69. The van der Waals surface area contributed by atoms with E-state index in [1.54, 1.807) is 32.9 Å². The van der Waals surface area contributed by atoms with Crippen LogP contribution in [0.5, 0.6) is 0 Å². The van der Waals surface area contributed by atoms with Crippen LogP contribution in [0.2, 0.25) is 0 Å². The van der Waals surface area contributed by atoms with Crippen LogP contribution in [0, 0.1) is 26.6 Å². The molecule has 4 rings (SSSR count). The van der Waals surface area contributed by atoms with Crippen LogP contribution < -0.4 is 10.3 Å². The first-order valence-corrected chi connectivity index (χ1v) is 11.5. The lowest BCUT2D eigenvalue weighted by molar-refractivity contribution is 0.392. The van der Waals surface area contributed by atoms with Gasteiger partial charge in [-0.05, 0) is 56.2 Å². The van der Waals surface area contributed by atoms with Crippen molar-refractivity contribution in [2.75, 3.05) is 0 Å². The van der Waals surface area contributed by atoms with Crippen molar-refractivity contribution in [1.82, 2.24) is 19.7 Å². The van der Waals surface area contributed by atoms with Crippen molar-refractivity contribution < 1.29 is 17.3 Å². The first-order chi connectivity index (χ1) is 15.7. The third-order valence-electron chi connectivity index (χ3n) is 5.16. The molecule has 0 unspecified atom stereocenters. The summed E-state index contributed by atoms with van der Waals surface area (Å²) in [6.07, 6.45) is 0. The van der Waals surface area contributed by atoms with Crippen molar-refractivity contribution in [2.45, 2.75) is 32.2 Å². The maximum atomic E-state index is 13.1. The molecule has 8 nitrogen and oxygen atoms in total. The van der Waals surface area contributed by atoms with Gasteiger partial charge < -0.3 is 4.52 Å². The van der Waals surface area contributed by atoms with Gasteiger partial charge in [-0.25, -0.2) is 17.5 Å². The molecule has 0 atom stereocenters. The van der Waals surface area contributed by atoms with E-state index in [4.69, 9.17) is 4.52 Å². The molecular weight excluding hydrogens is 447 g/mol. The van der Waals surface area contributed by atoms with Crippen LogP contribution in [0.4, 0.5) is 4.39 Å². The third kappa shape index (κ3) is 4.62. The molecule has 170 valence electrons. The molecular formula is C23H21FN4O4S. The quantitative estimate of drug-likeness (QED) is 0.465. The molecule has 0 amide bonds. The monoisotopic (exact) mass is 468 g/mol. The predicted molar refractivity (Wildman–Crippen MR) is 120 cm³/mol. The lowest BCUT2D eigenvalue weighted by atomic mass is 10.1. The number of aromatic nitrogens is 3. The summed E-state index contributed by atoms with van der Waals surface area (Å²) in [5, 5.41) is 8.28. The zero-order valence-corrected chi connectivity index (χ0v) is 19.0. The van der Waals surface area contributed by atoms with Crippen molar-refractivity contribution in [3.8, 4) is 16.9 Å². The average molecular weight is 469 g/mol. The van der Waals surface area contributed by atoms with Gasteiger partial charge in [-0.2, -0.15) is 9.78 Å². The standard InChI is InChI=1S/C23H21FN4O4S/c1-14-4-7-18(12-21(14)33(30,31)25-13-17-5-8-19(24)9-6-17)20-10-11-22(29)28(26-20)23-15(2)27-32-16(23)3/h4-12,25H,13H2,1-3H3. The maximum absolute atomic E-state index is 13.1. The highest BCUT2D eigenvalue weighted by atomic mass is 32.2. The number of nitrogens with zero attached hydrogens (tertiary/aromatic N) is 3. The van der Waals surface area contributed by atoms with Gasteiger partial charge in [0.15, 0.2) is 5.76 Å². The van der Waals surface area contributed by atoms with Crippen LogP contribution in [0.25, 0.3) is 16.9 Å². The van der Waals surface area contributed by atoms with Gasteiger partial charge in [-0.3, -0.25) is 4.79 Å². The number of aryl methyl sites for hydroxylation is 3. The van der Waals surface area contributed by atoms with E-state index in [9.17, 15) is 17.6 Å². The minimum Gasteiger partial charge on any atom is -0.359 e. The molecule has 0 spiro atoms. The molecule has 0 radical (unpaired) electrons. The number of halogens is 1. The molecule has 0 aliphatic rings. The molecule has 33 heavy (non-hydrogen) atoms. The van der Waals surface area contributed by atoms with Gasteiger partial charge in [0.25, 0.3) is 5.56 Å². The summed E-state index contributed by atoms with van der Waals surface area (Å²) in [6, 6.07) is 13.4. The van der Waals surface area contributed by atoms with Gasteiger partial charge in [0, 0.05) is 18.2 Å². The second kappa shape index (κ2) is 8.72. The largest absolute Gasteiger partial charge is 0.359 e. The second-order valence-corrected chi connectivity index (χ2v) is 9.31. The number of hydrogen-bond acceptors (Lipinski definition) is 6. The summed E-state index contributed by atoms with van der Waals surface area (Å²) in [7, 11) is -3.87. The lowest BCUT2D eigenvalue weighted by Gasteiger charge is -2.12. The Morgan fingerprint density at radius 3 is 2.42 bits per heavy atom. The summed E-state index contributed by atoms with van der Waals surface area (Å²) in [6.45, 7) is 5.09. The molecule has 0 saturated carbocycles. The van der Waals surface area contributed by atoms with E-state index >= 15 is 0 Å². The minimum absolute atomic E-state index is 0.0153. The molecule has 10 heteroatoms. The van der Waals surface area contributed by atoms with E-state index in [1.807, 2.05) is 0 Å². The van der Waals surface area contributed by atoms with Crippen LogP contribution in [-0.4, -0.2) is 23.4 Å². The van der Waals surface area contributed by atoms with Crippen LogP contribution >= 0.6 is 0 Å². The molecule has 0 aliphatic heterocycles. The van der Waals surface area contributed by atoms with E-state index in [2.05, 4.69) is 15.0 Å². The number of nitrogens with one attached hydrogen (secondary N) is 1. The number of sulfonamides is 1. The lowest BCUT2D eigenvalue weighted by Crippen LogP contribution is -2.24. The zero-order valence-electron chi connectivity index (χ0n) is 18.2.